The maximum atomic E-state index is 10.7. The fraction of sp³-hybridized carbons (Fsp3) is 0.222. The summed E-state index contributed by atoms with van der Waals surface area (Å²) in [5, 5.41) is 18.0. The molecule has 0 saturated carbocycles. The van der Waals surface area contributed by atoms with Crippen LogP contribution in [0, 0.1) is 6.92 Å². The standard InChI is InChI=1S/C9H10O4/c1-5-7(10)4-3-6(9(11)12)8(5)13-2/h3-4,10H,1-2H3,(H,11,12). The molecule has 0 aliphatic heterocycles. The van der Waals surface area contributed by atoms with E-state index in [2.05, 4.69) is 0 Å². The Morgan fingerprint density at radius 1 is 1.46 bits per heavy atom. The van der Waals surface area contributed by atoms with Gasteiger partial charge in [-0.3, -0.25) is 0 Å². The van der Waals surface area contributed by atoms with E-state index in [0.29, 0.717) is 5.56 Å². The van der Waals surface area contributed by atoms with Crippen molar-refractivity contribution in [3.8, 4) is 11.5 Å². The number of carboxylic acids is 1. The lowest BCUT2D eigenvalue weighted by molar-refractivity contribution is 0.0693. The van der Waals surface area contributed by atoms with Gasteiger partial charge in [0.05, 0.1) is 7.11 Å². The highest BCUT2D eigenvalue weighted by molar-refractivity contribution is 5.91. The third kappa shape index (κ3) is 1.56. The number of benzene rings is 1. The molecular formula is C9H10O4. The molecule has 1 aromatic carbocycles. The van der Waals surface area contributed by atoms with Gasteiger partial charge in [-0.15, -0.1) is 0 Å². The molecule has 0 aliphatic rings. The molecular weight excluding hydrogens is 172 g/mol. The van der Waals surface area contributed by atoms with Gasteiger partial charge >= 0.3 is 5.97 Å². The van der Waals surface area contributed by atoms with Crippen LogP contribution < -0.4 is 4.74 Å². The molecule has 2 N–H and O–H groups in total. The molecule has 4 heteroatoms. The third-order valence-electron chi connectivity index (χ3n) is 1.81. The normalized spacial score (nSPS) is 9.69. The minimum Gasteiger partial charge on any atom is -0.508 e. The van der Waals surface area contributed by atoms with E-state index in [4.69, 9.17) is 9.84 Å². The van der Waals surface area contributed by atoms with Gasteiger partial charge in [0.15, 0.2) is 0 Å². The van der Waals surface area contributed by atoms with Crippen molar-refractivity contribution in [3.63, 3.8) is 0 Å². The summed E-state index contributed by atoms with van der Waals surface area (Å²) in [6.45, 7) is 1.60. The van der Waals surface area contributed by atoms with Crippen LogP contribution in [0.25, 0.3) is 0 Å². The molecule has 70 valence electrons. The van der Waals surface area contributed by atoms with E-state index >= 15 is 0 Å². The fourth-order valence-corrected chi connectivity index (χ4v) is 1.11. The van der Waals surface area contributed by atoms with E-state index < -0.39 is 5.97 Å². The van der Waals surface area contributed by atoms with Gasteiger partial charge in [-0.1, -0.05) is 0 Å². The largest absolute Gasteiger partial charge is 0.508 e. The van der Waals surface area contributed by atoms with Crippen molar-refractivity contribution in [1.29, 1.82) is 0 Å². The lowest BCUT2D eigenvalue weighted by Gasteiger charge is -2.08. The van der Waals surface area contributed by atoms with E-state index in [9.17, 15) is 9.90 Å². The predicted molar refractivity (Wildman–Crippen MR) is 46.4 cm³/mol. The van der Waals surface area contributed by atoms with E-state index in [1.807, 2.05) is 0 Å². The average Bonchev–Trinajstić information content (AvgIpc) is 2.09. The minimum absolute atomic E-state index is 0.0295. The monoisotopic (exact) mass is 182 g/mol. The van der Waals surface area contributed by atoms with E-state index in [-0.39, 0.29) is 17.1 Å². The van der Waals surface area contributed by atoms with Crippen molar-refractivity contribution in [2.24, 2.45) is 0 Å². The van der Waals surface area contributed by atoms with Gasteiger partial charge in [0, 0.05) is 5.56 Å². The Hall–Kier alpha value is -1.71. The number of hydrogen-bond acceptors (Lipinski definition) is 3. The summed E-state index contributed by atoms with van der Waals surface area (Å²) in [5.41, 5.74) is 0.486. The number of phenols is 1. The van der Waals surface area contributed by atoms with Crippen molar-refractivity contribution in [2.75, 3.05) is 7.11 Å². The van der Waals surface area contributed by atoms with E-state index in [1.54, 1.807) is 6.92 Å². The van der Waals surface area contributed by atoms with Crippen LogP contribution in [0.3, 0.4) is 0 Å². The molecule has 1 rings (SSSR count). The first-order valence-corrected chi connectivity index (χ1v) is 3.67. The van der Waals surface area contributed by atoms with Gasteiger partial charge in [-0.05, 0) is 19.1 Å². The second-order valence-corrected chi connectivity index (χ2v) is 2.60. The van der Waals surface area contributed by atoms with Crippen LogP contribution in [0.2, 0.25) is 0 Å². The van der Waals surface area contributed by atoms with Crippen LogP contribution >= 0.6 is 0 Å². The van der Waals surface area contributed by atoms with E-state index in [1.165, 1.54) is 19.2 Å². The zero-order valence-electron chi connectivity index (χ0n) is 7.37. The Kier molecular flexibility index (Phi) is 2.41. The summed E-state index contributed by atoms with van der Waals surface area (Å²) >= 11 is 0. The molecule has 0 aromatic heterocycles. The van der Waals surface area contributed by atoms with Crippen LogP contribution in [-0.2, 0) is 0 Å². The van der Waals surface area contributed by atoms with Crippen LogP contribution in [0.4, 0.5) is 0 Å². The molecule has 0 spiro atoms. The smallest absolute Gasteiger partial charge is 0.339 e. The lowest BCUT2D eigenvalue weighted by atomic mass is 10.1. The van der Waals surface area contributed by atoms with Crippen LogP contribution in [0.1, 0.15) is 15.9 Å². The average molecular weight is 182 g/mol. The molecule has 0 fully saturated rings. The highest BCUT2D eigenvalue weighted by atomic mass is 16.5. The summed E-state index contributed by atoms with van der Waals surface area (Å²) < 4.78 is 4.88. The highest BCUT2D eigenvalue weighted by Crippen LogP contribution is 2.30. The number of methoxy groups -OCH3 is 1. The first kappa shape index (κ1) is 9.38. The number of aromatic hydroxyl groups is 1. The van der Waals surface area contributed by atoms with Gasteiger partial charge in [0.1, 0.15) is 17.1 Å². The maximum absolute atomic E-state index is 10.7. The Morgan fingerprint density at radius 2 is 2.08 bits per heavy atom. The van der Waals surface area contributed by atoms with Crippen LogP contribution in [0.15, 0.2) is 12.1 Å². The fourth-order valence-electron chi connectivity index (χ4n) is 1.11. The van der Waals surface area contributed by atoms with Gasteiger partial charge in [0.25, 0.3) is 0 Å². The molecule has 0 amide bonds. The maximum Gasteiger partial charge on any atom is 0.339 e. The van der Waals surface area contributed by atoms with Crippen molar-refractivity contribution in [2.45, 2.75) is 6.92 Å². The minimum atomic E-state index is -1.07. The van der Waals surface area contributed by atoms with Gasteiger partial charge < -0.3 is 14.9 Å². The molecule has 0 bridgehead atoms. The highest BCUT2D eigenvalue weighted by Gasteiger charge is 2.14. The summed E-state index contributed by atoms with van der Waals surface area (Å²) in [6.07, 6.45) is 0. The van der Waals surface area contributed by atoms with Crippen LogP contribution in [0.5, 0.6) is 11.5 Å². The Balaban J connectivity index is 3.38. The molecule has 0 heterocycles. The molecule has 1 aromatic rings. The molecule has 4 nitrogen and oxygen atoms in total. The summed E-state index contributed by atoms with van der Waals surface area (Å²) in [5.74, 6) is -0.839. The second kappa shape index (κ2) is 3.35. The number of hydrogen-bond donors (Lipinski definition) is 2. The molecule has 0 unspecified atom stereocenters. The number of ether oxygens (including phenoxy) is 1. The Morgan fingerprint density at radius 3 is 2.54 bits per heavy atom. The first-order valence-electron chi connectivity index (χ1n) is 3.67. The van der Waals surface area contributed by atoms with Gasteiger partial charge in [-0.2, -0.15) is 0 Å². The zero-order valence-corrected chi connectivity index (χ0v) is 7.37. The topological polar surface area (TPSA) is 66.8 Å². The van der Waals surface area contributed by atoms with Crippen molar-refractivity contribution in [1.82, 2.24) is 0 Å². The zero-order chi connectivity index (χ0) is 10.0. The second-order valence-electron chi connectivity index (χ2n) is 2.60. The van der Waals surface area contributed by atoms with Gasteiger partial charge in [-0.25, -0.2) is 4.79 Å². The summed E-state index contributed by atoms with van der Waals surface area (Å²) in [4.78, 5) is 10.7. The third-order valence-corrected chi connectivity index (χ3v) is 1.81. The van der Waals surface area contributed by atoms with Gasteiger partial charge in [0.2, 0.25) is 0 Å². The summed E-state index contributed by atoms with van der Waals surface area (Å²) in [7, 11) is 1.37. The first-order chi connectivity index (χ1) is 6.07. The lowest BCUT2D eigenvalue weighted by Crippen LogP contribution is -2.01. The number of aromatic carboxylic acids is 1. The molecule has 0 radical (unpaired) electrons. The van der Waals surface area contributed by atoms with Crippen molar-refractivity contribution >= 4 is 5.97 Å². The Labute approximate surface area is 75.4 Å². The molecule has 0 atom stereocenters. The SMILES string of the molecule is COc1c(C(=O)O)ccc(O)c1C. The molecule has 0 aliphatic carbocycles. The molecule has 0 saturated heterocycles. The molecule has 13 heavy (non-hydrogen) atoms. The van der Waals surface area contributed by atoms with E-state index in [0.717, 1.165) is 0 Å². The van der Waals surface area contributed by atoms with Crippen LogP contribution in [-0.4, -0.2) is 23.3 Å². The number of phenolic OH excluding ortho intramolecular Hbond substituents is 1. The number of rotatable bonds is 2. The van der Waals surface area contributed by atoms with Crippen molar-refractivity contribution < 1.29 is 19.7 Å². The Bertz CT molecular complexity index is 344. The quantitative estimate of drug-likeness (QED) is 0.725. The van der Waals surface area contributed by atoms with Crippen molar-refractivity contribution in [3.05, 3.63) is 23.3 Å². The number of carboxylic acid groups (broad SMARTS) is 1. The predicted octanol–water partition coefficient (Wildman–Crippen LogP) is 1.41. The summed E-state index contributed by atoms with van der Waals surface area (Å²) in [6, 6.07) is 2.64. The number of carbonyl (C=O) groups is 1.